The monoisotopic (exact) mass is 239 g/mol. The van der Waals surface area contributed by atoms with Gasteiger partial charge in [0.2, 0.25) is 0 Å². The van der Waals surface area contributed by atoms with Crippen molar-refractivity contribution in [3.63, 3.8) is 0 Å². The highest BCUT2D eigenvalue weighted by Crippen LogP contribution is 2.18. The minimum Gasteiger partial charge on any atom is -0.394 e. The zero-order chi connectivity index (χ0) is 12.4. The van der Waals surface area contributed by atoms with Gasteiger partial charge in [0.15, 0.2) is 11.6 Å². The van der Waals surface area contributed by atoms with E-state index in [0.29, 0.717) is 11.4 Å². The maximum absolute atomic E-state index is 13.1. The lowest BCUT2D eigenvalue weighted by atomic mass is 10.2. The molecule has 0 saturated carbocycles. The Balaban J connectivity index is 2.46. The molecule has 1 heterocycles. The molecule has 17 heavy (non-hydrogen) atoms. The van der Waals surface area contributed by atoms with Crippen LogP contribution in [-0.2, 0) is 0 Å². The minimum absolute atomic E-state index is 0.255. The second kappa shape index (κ2) is 4.60. The normalized spacial score (nSPS) is 12.7. The van der Waals surface area contributed by atoms with Crippen molar-refractivity contribution in [1.29, 1.82) is 0 Å². The molecule has 0 aliphatic rings. The predicted octanol–water partition coefficient (Wildman–Crippen LogP) is 1.14. The Morgan fingerprint density at radius 2 is 2.12 bits per heavy atom. The van der Waals surface area contributed by atoms with Crippen LogP contribution in [0.1, 0.15) is 11.7 Å². The van der Waals surface area contributed by atoms with E-state index in [0.717, 1.165) is 12.1 Å². The summed E-state index contributed by atoms with van der Waals surface area (Å²) < 4.78 is 27.4. The third-order valence-electron chi connectivity index (χ3n) is 2.43. The highest BCUT2D eigenvalue weighted by atomic mass is 19.2. The van der Waals surface area contributed by atoms with Gasteiger partial charge in [-0.15, -0.1) is 0 Å². The molecule has 0 bridgehead atoms. The number of aliphatic hydroxyl groups is 1. The van der Waals surface area contributed by atoms with Crippen molar-refractivity contribution in [1.82, 2.24) is 9.55 Å². The molecule has 4 nitrogen and oxygen atoms in total. The number of halogens is 2. The van der Waals surface area contributed by atoms with E-state index in [9.17, 15) is 8.78 Å². The smallest absolute Gasteiger partial charge is 0.160 e. The SMILES string of the molecule is NC(CO)c1cncn1-c1ccc(F)c(F)c1. The van der Waals surface area contributed by atoms with Gasteiger partial charge in [-0.25, -0.2) is 13.8 Å². The standard InChI is InChI=1S/C11H11F2N3O/c12-8-2-1-7(3-9(8)13)16-6-15-4-11(16)10(14)5-17/h1-4,6,10,17H,5,14H2. The Labute approximate surface area is 96.3 Å². The number of imidazole rings is 1. The Kier molecular flexibility index (Phi) is 3.16. The van der Waals surface area contributed by atoms with Crippen LogP contribution in [0.2, 0.25) is 0 Å². The van der Waals surface area contributed by atoms with E-state index in [1.807, 2.05) is 0 Å². The molecular weight excluding hydrogens is 228 g/mol. The van der Waals surface area contributed by atoms with Crippen LogP contribution < -0.4 is 5.73 Å². The van der Waals surface area contributed by atoms with Gasteiger partial charge >= 0.3 is 0 Å². The van der Waals surface area contributed by atoms with Crippen LogP contribution in [0.3, 0.4) is 0 Å². The molecular formula is C11H11F2N3O. The highest BCUT2D eigenvalue weighted by Gasteiger charge is 2.12. The van der Waals surface area contributed by atoms with Gasteiger partial charge in [-0.1, -0.05) is 0 Å². The van der Waals surface area contributed by atoms with Gasteiger partial charge in [0.1, 0.15) is 0 Å². The van der Waals surface area contributed by atoms with Crippen molar-refractivity contribution in [2.24, 2.45) is 5.73 Å². The zero-order valence-electron chi connectivity index (χ0n) is 8.85. The van der Waals surface area contributed by atoms with Crippen LogP contribution in [0, 0.1) is 11.6 Å². The van der Waals surface area contributed by atoms with Gasteiger partial charge < -0.3 is 15.4 Å². The average Bonchev–Trinajstić information content (AvgIpc) is 2.80. The summed E-state index contributed by atoms with van der Waals surface area (Å²) in [5, 5.41) is 8.98. The largest absolute Gasteiger partial charge is 0.394 e. The summed E-state index contributed by atoms with van der Waals surface area (Å²) >= 11 is 0. The average molecular weight is 239 g/mol. The van der Waals surface area contributed by atoms with E-state index in [4.69, 9.17) is 10.8 Å². The molecule has 6 heteroatoms. The van der Waals surface area contributed by atoms with Gasteiger partial charge in [0, 0.05) is 11.8 Å². The van der Waals surface area contributed by atoms with Gasteiger partial charge in [0.05, 0.1) is 30.9 Å². The van der Waals surface area contributed by atoms with Crippen molar-refractivity contribution in [3.05, 3.63) is 48.1 Å². The Hall–Kier alpha value is -1.79. The van der Waals surface area contributed by atoms with E-state index in [1.165, 1.54) is 23.2 Å². The molecule has 2 rings (SSSR count). The summed E-state index contributed by atoms with van der Waals surface area (Å²) in [5.41, 5.74) is 6.60. The molecule has 0 fully saturated rings. The highest BCUT2D eigenvalue weighted by molar-refractivity contribution is 5.35. The maximum Gasteiger partial charge on any atom is 0.160 e. The lowest BCUT2D eigenvalue weighted by Crippen LogP contribution is -2.18. The second-order valence-corrected chi connectivity index (χ2v) is 3.58. The summed E-state index contributed by atoms with van der Waals surface area (Å²) in [6.07, 6.45) is 2.90. The topological polar surface area (TPSA) is 64.1 Å². The molecule has 2 aromatic rings. The van der Waals surface area contributed by atoms with Gasteiger partial charge in [-0.05, 0) is 12.1 Å². The predicted molar refractivity (Wildman–Crippen MR) is 57.5 cm³/mol. The summed E-state index contributed by atoms with van der Waals surface area (Å²) in [5.74, 6) is -1.86. The number of hydrogen-bond donors (Lipinski definition) is 2. The van der Waals surface area contributed by atoms with Crippen LogP contribution in [0.25, 0.3) is 5.69 Å². The maximum atomic E-state index is 13.1. The van der Waals surface area contributed by atoms with Crippen LogP contribution in [0.15, 0.2) is 30.7 Å². The van der Waals surface area contributed by atoms with Crippen LogP contribution in [0.4, 0.5) is 8.78 Å². The van der Waals surface area contributed by atoms with Crippen molar-refractivity contribution < 1.29 is 13.9 Å². The molecule has 1 unspecified atom stereocenters. The molecule has 1 aromatic carbocycles. The third-order valence-corrected chi connectivity index (χ3v) is 2.43. The van der Waals surface area contributed by atoms with Crippen molar-refractivity contribution >= 4 is 0 Å². The lowest BCUT2D eigenvalue weighted by Gasteiger charge is -2.12. The number of benzene rings is 1. The minimum atomic E-state index is -0.945. The van der Waals surface area contributed by atoms with Crippen LogP contribution in [-0.4, -0.2) is 21.3 Å². The van der Waals surface area contributed by atoms with Crippen molar-refractivity contribution in [3.8, 4) is 5.69 Å². The van der Waals surface area contributed by atoms with Gasteiger partial charge in [-0.2, -0.15) is 0 Å². The third kappa shape index (κ3) is 2.17. The van der Waals surface area contributed by atoms with Crippen molar-refractivity contribution in [2.75, 3.05) is 6.61 Å². The zero-order valence-corrected chi connectivity index (χ0v) is 8.85. The number of rotatable bonds is 3. The number of aliphatic hydroxyl groups excluding tert-OH is 1. The first-order valence-corrected chi connectivity index (χ1v) is 4.97. The summed E-state index contributed by atoms with van der Waals surface area (Å²) in [4.78, 5) is 3.88. The first kappa shape index (κ1) is 11.7. The Bertz CT molecular complexity index is 527. The first-order chi connectivity index (χ1) is 8.13. The Morgan fingerprint density at radius 1 is 1.35 bits per heavy atom. The summed E-state index contributed by atoms with van der Waals surface area (Å²) in [6.45, 7) is -0.255. The summed E-state index contributed by atoms with van der Waals surface area (Å²) in [6, 6.07) is 2.86. The number of aromatic nitrogens is 2. The van der Waals surface area contributed by atoms with E-state index >= 15 is 0 Å². The molecule has 0 aliphatic carbocycles. The quantitative estimate of drug-likeness (QED) is 0.844. The number of hydrogen-bond acceptors (Lipinski definition) is 3. The van der Waals surface area contributed by atoms with E-state index in [-0.39, 0.29) is 6.61 Å². The first-order valence-electron chi connectivity index (χ1n) is 4.97. The fourth-order valence-corrected chi connectivity index (χ4v) is 1.52. The fourth-order valence-electron chi connectivity index (χ4n) is 1.52. The molecule has 0 saturated heterocycles. The second-order valence-electron chi connectivity index (χ2n) is 3.58. The molecule has 0 amide bonds. The Morgan fingerprint density at radius 3 is 2.76 bits per heavy atom. The van der Waals surface area contributed by atoms with E-state index < -0.39 is 17.7 Å². The molecule has 0 aliphatic heterocycles. The van der Waals surface area contributed by atoms with Crippen LogP contribution in [0.5, 0.6) is 0 Å². The van der Waals surface area contributed by atoms with Crippen LogP contribution >= 0.6 is 0 Å². The summed E-state index contributed by atoms with van der Waals surface area (Å²) in [7, 11) is 0. The molecule has 0 spiro atoms. The van der Waals surface area contributed by atoms with E-state index in [2.05, 4.69) is 4.98 Å². The lowest BCUT2D eigenvalue weighted by molar-refractivity contribution is 0.265. The molecule has 3 N–H and O–H groups in total. The van der Waals surface area contributed by atoms with Gasteiger partial charge in [-0.3, -0.25) is 0 Å². The number of nitrogens with zero attached hydrogens (tertiary/aromatic N) is 2. The number of nitrogens with two attached hydrogens (primary N) is 1. The van der Waals surface area contributed by atoms with Gasteiger partial charge in [0.25, 0.3) is 0 Å². The molecule has 1 aromatic heterocycles. The molecule has 1 atom stereocenters. The molecule has 90 valence electrons. The molecule has 0 radical (unpaired) electrons. The fraction of sp³-hybridized carbons (Fsp3) is 0.182. The van der Waals surface area contributed by atoms with E-state index in [1.54, 1.807) is 0 Å². The van der Waals surface area contributed by atoms with Crippen molar-refractivity contribution in [2.45, 2.75) is 6.04 Å².